The van der Waals surface area contributed by atoms with Gasteiger partial charge in [0.2, 0.25) is 0 Å². The van der Waals surface area contributed by atoms with Gasteiger partial charge in [0.05, 0.1) is 12.7 Å². The number of hydrogen-bond acceptors (Lipinski definition) is 2. The van der Waals surface area contributed by atoms with Gasteiger partial charge in [0.15, 0.2) is 0 Å². The molecule has 0 bridgehead atoms. The molecule has 0 amide bonds. The maximum atomic E-state index is 5.57. The lowest BCUT2D eigenvalue weighted by Gasteiger charge is -2.11. The van der Waals surface area contributed by atoms with Crippen LogP contribution in [0.15, 0.2) is 28.7 Å². The van der Waals surface area contributed by atoms with Gasteiger partial charge in [-0.05, 0) is 31.5 Å². The molecule has 1 rings (SSSR count). The lowest BCUT2D eigenvalue weighted by atomic mass is 10.3. The van der Waals surface area contributed by atoms with Crippen LogP contribution in [0.2, 0.25) is 0 Å². The van der Waals surface area contributed by atoms with Crippen LogP contribution in [0.3, 0.4) is 0 Å². The number of nitrogens with one attached hydrogen (secondary N) is 1. The number of halogens is 1. The zero-order valence-electron chi connectivity index (χ0n) is 9.29. The Bertz CT molecular complexity index is 291. The van der Waals surface area contributed by atoms with Crippen LogP contribution in [0, 0.1) is 0 Å². The SMILES string of the molecule is CCC(C)OCCNc1cccc(Br)c1. The number of rotatable bonds is 6. The predicted molar refractivity (Wildman–Crippen MR) is 68.3 cm³/mol. The summed E-state index contributed by atoms with van der Waals surface area (Å²) in [7, 11) is 0. The van der Waals surface area contributed by atoms with Gasteiger partial charge in [-0.1, -0.05) is 28.9 Å². The minimum atomic E-state index is 0.356. The summed E-state index contributed by atoms with van der Waals surface area (Å²) in [5, 5.41) is 3.31. The quantitative estimate of drug-likeness (QED) is 0.798. The third kappa shape index (κ3) is 5.19. The molecule has 0 spiro atoms. The van der Waals surface area contributed by atoms with E-state index in [4.69, 9.17) is 4.74 Å². The van der Waals surface area contributed by atoms with Gasteiger partial charge >= 0.3 is 0 Å². The molecule has 0 fully saturated rings. The molecular weight excluding hydrogens is 254 g/mol. The summed E-state index contributed by atoms with van der Waals surface area (Å²) in [6, 6.07) is 8.14. The molecule has 0 saturated heterocycles. The molecule has 1 N–H and O–H groups in total. The molecule has 1 aromatic rings. The van der Waals surface area contributed by atoms with E-state index in [1.807, 2.05) is 18.2 Å². The van der Waals surface area contributed by atoms with Crippen molar-refractivity contribution in [2.24, 2.45) is 0 Å². The Kier molecular flexibility index (Phi) is 5.73. The van der Waals surface area contributed by atoms with Crippen LogP contribution in [-0.2, 0) is 4.74 Å². The molecule has 3 heteroatoms. The third-order valence-electron chi connectivity index (χ3n) is 2.23. The minimum absolute atomic E-state index is 0.356. The average Bonchev–Trinajstić information content (AvgIpc) is 2.24. The van der Waals surface area contributed by atoms with Crippen molar-refractivity contribution in [1.29, 1.82) is 0 Å². The molecule has 0 aliphatic rings. The maximum Gasteiger partial charge on any atom is 0.0642 e. The predicted octanol–water partition coefficient (Wildman–Crippen LogP) is 3.68. The van der Waals surface area contributed by atoms with Crippen LogP contribution in [0.1, 0.15) is 20.3 Å². The Labute approximate surface area is 100 Å². The highest BCUT2D eigenvalue weighted by molar-refractivity contribution is 9.10. The standard InChI is InChI=1S/C12H18BrNO/c1-3-10(2)15-8-7-14-12-6-4-5-11(13)9-12/h4-6,9-10,14H,3,7-8H2,1-2H3. The van der Waals surface area contributed by atoms with Crippen molar-refractivity contribution in [2.75, 3.05) is 18.5 Å². The van der Waals surface area contributed by atoms with Crippen molar-refractivity contribution in [3.05, 3.63) is 28.7 Å². The molecule has 0 aromatic heterocycles. The Morgan fingerprint density at radius 3 is 2.93 bits per heavy atom. The highest BCUT2D eigenvalue weighted by Crippen LogP contribution is 2.15. The zero-order valence-corrected chi connectivity index (χ0v) is 10.9. The fraction of sp³-hybridized carbons (Fsp3) is 0.500. The van der Waals surface area contributed by atoms with Gasteiger partial charge in [-0.2, -0.15) is 0 Å². The second-order valence-electron chi connectivity index (χ2n) is 3.53. The molecule has 0 heterocycles. The normalized spacial score (nSPS) is 12.5. The summed E-state index contributed by atoms with van der Waals surface area (Å²) < 4.78 is 6.66. The van der Waals surface area contributed by atoms with E-state index < -0.39 is 0 Å². The first-order valence-corrected chi connectivity index (χ1v) is 6.12. The molecular formula is C12H18BrNO. The Morgan fingerprint density at radius 1 is 1.47 bits per heavy atom. The van der Waals surface area contributed by atoms with Crippen LogP contribution >= 0.6 is 15.9 Å². The molecule has 0 saturated carbocycles. The van der Waals surface area contributed by atoms with Gasteiger partial charge in [-0.25, -0.2) is 0 Å². The van der Waals surface area contributed by atoms with E-state index in [1.54, 1.807) is 0 Å². The third-order valence-corrected chi connectivity index (χ3v) is 2.73. The average molecular weight is 272 g/mol. The molecule has 2 nitrogen and oxygen atoms in total. The molecule has 1 unspecified atom stereocenters. The van der Waals surface area contributed by atoms with Crippen molar-refractivity contribution in [1.82, 2.24) is 0 Å². The van der Waals surface area contributed by atoms with Crippen LogP contribution in [0.5, 0.6) is 0 Å². The van der Waals surface area contributed by atoms with Crippen LogP contribution < -0.4 is 5.32 Å². The second kappa shape index (κ2) is 6.85. The van der Waals surface area contributed by atoms with Gasteiger partial charge in [0, 0.05) is 16.7 Å². The fourth-order valence-corrected chi connectivity index (χ4v) is 1.57. The Morgan fingerprint density at radius 2 is 2.27 bits per heavy atom. The van der Waals surface area contributed by atoms with E-state index in [2.05, 4.69) is 41.2 Å². The lowest BCUT2D eigenvalue weighted by molar-refractivity contribution is 0.0713. The van der Waals surface area contributed by atoms with Gasteiger partial charge in [-0.3, -0.25) is 0 Å². The first kappa shape index (κ1) is 12.5. The highest BCUT2D eigenvalue weighted by atomic mass is 79.9. The Balaban J connectivity index is 2.20. The largest absolute Gasteiger partial charge is 0.383 e. The number of ether oxygens (including phenoxy) is 1. The summed E-state index contributed by atoms with van der Waals surface area (Å²) in [5.74, 6) is 0. The van der Waals surface area contributed by atoms with Crippen molar-refractivity contribution in [2.45, 2.75) is 26.4 Å². The first-order valence-electron chi connectivity index (χ1n) is 5.33. The molecule has 0 aliphatic heterocycles. The molecule has 15 heavy (non-hydrogen) atoms. The maximum absolute atomic E-state index is 5.57. The number of anilines is 1. The van der Waals surface area contributed by atoms with Gasteiger partial charge in [-0.15, -0.1) is 0 Å². The summed E-state index contributed by atoms with van der Waals surface area (Å²) in [6.45, 7) is 5.83. The van der Waals surface area contributed by atoms with Crippen molar-refractivity contribution < 1.29 is 4.74 Å². The van der Waals surface area contributed by atoms with E-state index in [0.717, 1.165) is 29.7 Å². The van der Waals surface area contributed by atoms with Crippen LogP contribution in [0.4, 0.5) is 5.69 Å². The zero-order chi connectivity index (χ0) is 11.1. The molecule has 1 aromatic carbocycles. The van der Waals surface area contributed by atoms with Crippen molar-refractivity contribution >= 4 is 21.6 Å². The number of hydrogen-bond donors (Lipinski definition) is 1. The van der Waals surface area contributed by atoms with Gasteiger partial charge in [0.1, 0.15) is 0 Å². The number of benzene rings is 1. The van der Waals surface area contributed by atoms with Crippen LogP contribution in [-0.4, -0.2) is 19.3 Å². The van der Waals surface area contributed by atoms with E-state index in [1.165, 1.54) is 0 Å². The highest BCUT2D eigenvalue weighted by Gasteiger charge is 1.97. The minimum Gasteiger partial charge on any atom is -0.383 e. The monoisotopic (exact) mass is 271 g/mol. The second-order valence-corrected chi connectivity index (χ2v) is 4.44. The first-order chi connectivity index (χ1) is 7.22. The van der Waals surface area contributed by atoms with E-state index in [0.29, 0.717) is 6.10 Å². The summed E-state index contributed by atoms with van der Waals surface area (Å²) >= 11 is 3.43. The smallest absolute Gasteiger partial charge is 0.0642 e. The fourth-order valence-electron chi connectivity index (χ4n) is 1.17. The van der Waals surface area contributed by atoms with E-state index in [9.17, 15) is 0 Å². The van der Waals surface area contributed by atoms with Crippen molar-refractivity contribution in [3.8, 4) is 0 Å². The molecule has 84 valence electrons. The molecule has 1 atom stereocenters. The van der Waals surface area contributed by atoms with Gasteiger partial charge in [0.25, 0.3) is 0 Å². The van der Waals surface area contributed by atoms with E-state index >= 15 is 0 Å². The van der Waals surface area contributed by atoms with E-state index in [-0.39, 0.29) is 0 Å². The summed E-state index contributed by atoms with van der Waals surface area (Å²) in [5.41, 5.74) is 1.12. The van der Waals surface area contributed by atoms with Crippen LogP contribution in [0.25, 0.3) is 0 Å². The topological polar surface area (TPSA) is 21.3 Å². The molecule has 0 radical (unpaired) electrons. The Hall–Kier alpha value is -0.540. The van der Waals surface area contributed by atoms with Gasteiger partial charge < -0.3 is 10.1 Å². The lowest BCUT2D eigenvalue weighted by Crippen LogP contribution is -2.14. The van der Waals surface area contributed by atoms with Crippen molar-refractivity contribution in [3.63, 3.8) is 0 Å². The molecule has 0 aliphatic carbocycles. The summed E-state index contributed by atoms with van der Waals surface area (Å²) in [4.78, 5) is 0. The summed E-state index contributed by atoms with van der Waals surface area (Å²) in [6.07, 6.45) is 1.42.